The number of fused-ring (bicyclic) bond motifs is 3. The quantitative estimate of drug-likeness (QED) is 0.653. The van der Waals surface area contributed by atoms with Crippen LogP contribution in [0, 0.1) is 5.92 Å². The zero-order valence-corrected chi connectivity index (χ0v) is 14.2. The molecule has 2 aromatic carbocycles. The van der Waals surface area contributed by atoms with E-state index in [2.05, 4.69) is 0 Å². The first-order valence-electron chi connectivity index (χ1n) is 8.47. The largest absolute Gasteiger partial charge is 0.480 e. The van der Waals surface area contributed by atoms with Crippen LogP contribution in [0.5, 0.6) is 0 Å². The van der Waals surface area contributed by atoms with Crippen LogP contribution in [0.25, 0.3) is 11.1 Å². The number of ether oxygens (including phenoxy) is 1. The van der Waals surface area contributed by atoms with E-state index in [0.717, 1.165) is 22.3 Å². The Labute approximate surface area is 151 Å². The van der Waals surface area contributed by atoms with Gasteiger partial charge in [-0.1, -0.05) is 48.5 Å². The maximum absolute atomic E-state index is 12.3. The second-order valence-electron chi connectivity index (χ2n) is 6.42. The summed E-state index contributed by atoms with van der Waals surface area (Å²) in [6, 6.07) is 14.7. The zero-order chi connectivity index (χ0) is 18.7. The van der Waals surface area contributed by atoms with Crippen LogP contribution in [0.4, 0.5) is 0 Å². The van der Waals surface area contributed by atoms with Crippen LogP contribution in [0.3, 0.4) is 0 Å². The number of carbonyl (C=O) groups is 2. The maximum atomic E-state index is 12.3. The number of benzene rings is 2. The lowest BCUT2D eigenvalue weighted by Gasteiger charge is -2.18. The highest BCUT2D eigenvalue weighted by Gasteiger charge is 2.31. The van der Waals surface area contributed by atoms with Crippen molar-refractivity contribution < 1.29 is 24.5 Å². The third-order valence-electron chi connectivity index (χ3n) is 4.76. The van der Waals surface area contributed by atoms with Gasteiger partial charge in [-0.3, -0.25) is 9.59 Å². The number of esters is 1. The SMILES string of the molecule is NC(CC(CO)C(=O)OCC1c2ccccc2-c2ccccc21)C(=O)O. The van der Waals surface area contributed by atoms with Gasteiger partial charge in [-0.15, -0.1) is 0 Å². The van der Waals surface area contributed by atoms with Gasteiger partial charge in [0.05, 0.1) is 12.5 Å². The highest BCUT2D eigenvalue weighted by atomic mass is 16.5. The van der Waals surface area contributed by atoms with Crippen molar-refractivity contribution >= 4 is 11.9 Å². The van der Waals surface area contributed by atoms with Crippen molar-refractivity contribution in [3.63, 3.8) is 0 Å². The van der Waals surface area contributed by atoms with Gasteiger partial charge >= 0.3 is 11.9 Å². The van der Waals surface area contributed by atoms with E-state index in [1.54, 1.807) is 0 Å². The van der Waals surface area contributed by atoms with E-state index >= 15 is 0 Å². The third-order valence-corrected chi connectivity index (χ3v) is 4.76. The summed E-state index contributed by atoms with van der Waals surface area (Å²) in [5, 5.41) is 18.3. The fourth-order valence-electron chi connectivity index (χ4n) is 3.38. The number of carbonyl (C=O) groups excluding carboxylic acids is 1. The molecule has 0 spiro atoms. The number of aliphatic hydroxyl groups is 1. The van der Waals surface area contributed by atoms with Gasteiger partial charge in [0.25, 0.3) is 0 Å². The molecular weight excluding hydrogens is 334 g/mol. The number of aliphatic carboxylic acids is 1. The van der Waals surface area contributed by atoms with Crippen molar-refractivity contribution in [2.75, 3.05) is 13.2 Å². The Morgan fingerprint density at radius 3 is 2.08 bits per heavy atom. The summed E-state index contributed by atoms with van der Waals surface area (Å²) in [5.41, 5.74) is 9.87. The van der Waals surface area contributed by atoms with Gasteiger partial charge in [-0.25, -0.2) is 0 Å². The van der Waals surface area contributed by atoms with Crippen molar-refractivity contribution in [1.82, 2.24) is 0 Å². The maximum Gasteiger partial charge on any atom is 0.320 e. The van der Waals surface area contributed by atoms with E-state index in [1.165, 1.54) is 0 Å². The molecule has 0 saturated heterocycles. The molecule has 0 fully saturated rings. The standard InChI is InChI=1S/C20H21NO5/c21-18(19(23)24)9-12(10-22)20(25)26-11-17-15-7-3-1-5-13(15)14-6-2-4-8-16(14)17/h1-8,12,17-18,22H,9-11,21H2,(H,23,24). The van der Waals surface area contributed by atoms with Crippen LogP contribution < -0.4 is 5.73 Å². The average Bonchev–Trinajstić information content (AvgIpc) is 2.97. The molecule has 0 heterocycles. The number of aliphatic hydroxyl groups excluding tert-OH is 1. The first-order valence-corrected chi connectivity index (χ1v) is 8.47. The second-order valence-corrected chi connectivity index (χ2v) is 6.42. The minimum Gasteiger partial charge on any atom is -0.480 e. The van der Waals surface area contributed by atoms with Gasteiger partial charge in [-0.2, -0.15) is 0 Å². The molecule has 1 aliphatic carbocycles. The van der Waals surface area contributed by atoms with Crippen molar-refractivity contribution in [3.05, 3.63) is 59.7 Å². The minimum absolute atomic E-state index is 0.0844. The van der Waals surface area contributed by atoms with Gasteiger partial charge in [0.1, 0.15) is 12.6 Å². The fourth-order valence-corrected chi connectivity index (χ4v) is 3.38. The summed E-state index contributed by atoms with van der Waals surface area (Å²) in [6.07, 6.45) is -0.164. The molecule has 0 aromatic heterocycles. The molecule has 4 N–H and O–H groups in total. The van der Waals surface area contributed by atoms with E-state index in [1.807, 2.05) is 48.5 Å². The van der Waals surface area contributed by atoms with Crippen molar-refractivity contribution in [2.24, 2.45) is 11.7 Å². The third kappa shape index (κ3) is 3.47. The van der Waals surface area contributed by atoms with Crippen LogP contribution in [-0.2, 0) is 14.3 Å². The Bertz CT molecular complexity index is 774. The minimum atomic E-state index is -1.22. The zero-order valence-electron chi connectivity index (χ0n) is 14.2. The van der Waals surface area contributed by atoms with E-state index in [4.69, 9.17) is 15.6 Å². The molecule has 0 saturated carbocycles. The fraction of sp³-hybridized carbons (Fsp3) is 0.300. The van der Waals surface area contributed by atoms with E-state index < -0.39 is 30.5 Å². The summed E-state index contributed by atoms with van der Waals surface area (Å²) >= 11 is 0. The summed E-state index contributed by atoms with van der Waals surface area (Å²) in [5.74, 6) is -2.88. The topological polar surface area (TPSA) is 110 Å². The number of carboxylic acids is 1. The van der Waals surface area contributed by atoms with Crippen LogP contribution >= 0.6 is 0 Å². The van der Waals surface area contributed by atoms with Crippen LogP contribution in [0.2, 0.25) is 0 Å². The van der Waals surface area contributed by atoms with Crippen LogP contribution in [0.1, 0.15) is 23.5 Å². The molecule has 0 radical (unpaired) electrons. The van der Waals surface area contributed by atoms with Crippen LogP contribution in [0.15, 0.2) is 48.5 Å². The highest BCUT2D eigenvalue weighted by molar-refractivity contribution is 5.79. The number of hydrogen-bond donors (Lipinski definition) is 3. The van der Waals surface area contributed by atoms with E-state index in [-0.39, 0.29) is 18.9 Å². The number of rotatable bonds is 7. The van der Waals surface area contributed by atoms with Gasteiger partial charge in [-0.05, 0) is 28.7 Å². The summed E-state index contributed by atoms with van der Waals surface area (Å²) < 4.78 is 5.43. The molecule has 0 aliphatic heterocycles. The molecule has 6 heteroatoms. The molecule has 2 aromatic rings. The lowest BCUT2D eigenvalue weighted by Crippen LogP contribution is -2.36. The summed E-state index contributed by atoms with van der Waals surface area (Å²) in [7, 11) is 0. The molecule has 0 bridgehead atoms. The lowest BCUT2D eigenvalue weighted by atomic mass is 9.97. The number of nitrogens with two attached hydrogens (primary N) is 1. The molecular formula is C20H21NO5. The van der Waals surface area contributed by atoms with Gasteiger partial charge in [0, 0.05) is 5.92 Å². The van der Waals surface area contributed by atoms with Gasteiger partial charge in [0.15, 0.2) is 0 Å². The molecule has 0 amide bonds. The highest BCUT2D eigenvalue weighted by Crippen LogP contribution is 2.44. The van der Waals surface area contributed by atoms with Crippen LogP contribution in [-0.4, -0.2) is 41.4 Å². The Balaban J connectivity index is 1.73. The summed E-state index contributed by atoms with van der Waals surface area (Å²) in [4.78, 5) is 23.1. The summed E-state index contributed by atoms with van der Waals surface area (Å²) in [6.45, 7) is -0.372. The Morgan fingerprint density at radius 2 is 1.58 bits per heavy atom. The van der Waals surface area contributed by atoms with Crippen molar-refractivity contribution in [2.45, 2.75) is 18.4 Å². The Morgan fingerprint density at radius 1 is 1.04 bits per heavy atom. The van der Waals surface area contributed by atoms with Crippen molar-refractivity contribution in [1.29, 1.82) is 0 Å². The normalized spacial score (nSPS) is 15.0. The predicted octanol–water partition coefficient (Wildman–Crippen LogP) is 1.75. The first-order chi connectivity index (χ1) is 12.5. The predicted molar refractivity (Wildman–Crippen MR) is 95.5 cm³/mol. The second kappa shape index (κ2) is 7.68. The number of hydrogen-bond acceptors (Lipinski definition) is 5. The lowest BCUT2D eigenvalue weighted by molar-refractivity contribution is -0.151. The molecule has 2 unspecified atom stereocenters. The molecule has 136 valence electrons. The molecule has 1 aliphatic rings. The molecule has 26 heavy (non-hydrogen) atoms. The Hall–Kier alpha value is -2.70. The van der Waals surface area contributed by atoms with E-state index in [9.17, 15) is 14.7 Å². The van der Waals surface area contributed by atoms with Gasteiger partial charge < -0.3 is 20.7 Å². The van der Waals surface area contributed by atoms with E-state index in [0.29, 0.717) is 0 Å². The Kier molecular flexibility index (Phi) is 5.35. The molecule has 6 nitrogen and oxygen atoms in total. The molecule has 3 rings (SSSR count). The molecule has 2 atom stereocenters. The monoisotopic (exact) mass is 355 g/mol. The average molecular weight is 355 g/mol. The first kappa shape index (κ1) is 18.1. The number of carboxylic acid groups (broad SMARTS) is 1. The van der Waals surface area contributed by atoms with Gasteiger partial charge in [0.2, 0.25) is 0 Å². The van der Waals surface area contributed by atoms with Crippen molar-refractivity contribution in [3.8, 4) is 11.1 Å². The smallest absolute Gasteiger partial charge is 0.320 e.